The van der Waals surface area contributed by atoms with Gasteiger partial charge in [-0.2, -0.15) is 0 Å². The monoisotopic (exact) mass is 512 g/mol. The third kappa shape index (κ3) is 4.77. The number of aromatic amines is 1. The predicted molar refractivity (Wildman–Crippen MR) is 141 cm³/mol. The number of aromatic nitrogens is 5. The van der Waals surface area contributed by atoms with Crippen LogP contribution in [0.4, 0.5) is 4.39 Å². The van der Waals surface area contributed by atoms with E-state index in [1.807, 2.05) is 48.0 Å². The van der Waals surface area contributed by atoms with Gasteiger partial charge in [-0.05, 0) is 77.0 Å². The highest BCUT2D eigenvalue weighted by Crippen LogP contribution is 2.35. The van der Waals surface area contributed by atoms with Crippen LogP contribution in [0.1, 0.15) is 66.0 Å². The van der Waals surface area contributed by atoms with E-state index >= 15 is 0 Å². The topological polar surface area (TPSA) is 92.8 Å². The van der Waals surface area contributed by atoms with Crippen LogP contribution in [-0.2, 0) is 13.1 Å². The van der Waals surface area contributed by atoms with Crippen LogP contribution in [0, 0.1) is 12.7 Å². The lowest BCUT2D eigenvalue weighted by atomic mass is 10.0. The molecule has 1 saturated carbocycles. The van der Waals surface area contributed by atoms with Crippen LogP contribution in [0.3, 0.4) is 0 Å². The molecule has 1 aliphatic carbocycles. The van der Waals surface area contributed by atoms with E-state index in [1.165, 1.54) is 12.1 Å². The Morgan fingerprint density at radius 2 is 1.92 bits per heavy atom. The lowest BCUT2D eigenvalue weighted by Gasteiger charge is -2.31. The van der Waals surface area contributed by atoms with Gasteiger partial charge in [-0.3, -0.25) is 9.69 Å². The Labute approximate surface area is 219 Å². The van der Waals surface area contributed by atoms with Crippen LogP contribution in [-0.4, -0.2) is 30.1 Å². The summed E-state index contributed by atoms with van der Waals surface area (Å²) in [7, 11) is 0. The fourth-order valence-corrected chi connectivity index (χ4v) is 5.56. The van der Waals surface area contributed by atoms with E-state index < -0.39 is 6.04 Å². The molecule has 0 unspecified atom stereocenters. The number of H-pyrrole nitrogens is 1. The first-order valence-electron chi connectivity index (χ1n) is 13.0. The molecular formula is C29H29FN6O2. The zero-order valence-electron chi connectivity index (χ0n) is 21.2. The van der Waals surface area contributed by atoms with Crippen LogP contribution < -0.4 is 5.56 Å². The number of para-hydroxylation sites is 1. The number of halogens is 1. The third-order valence-electron chi connectivity index (χ3n) is 7.45. The summed E-state index contributed by atoms with van der Waals surface area (Å²) in [6.45, 7) is 2.81. The summed E-state index contributed by atoms with van der Waals surface area (Å²) < 4.78 is 21.4. The molecule has 1 N–H and O–H groups in total. The van der Waals surface area contributed by atoms with Gasteiger partial charge < -0.3 is 9.40 Å². The van der Waals surface area contributed by atoms with Gasteiger partial charge in [-0.1, -0.05) is 43.2 Å². The number of hydrogen-bond acceptors (Lipinski definition) is 6. The smallest absolute Gasteiger partial charge is 0.253 e. The van der Waals surface area contributed by atoms with Crippen molar-refractivity contribution < 1.29 is 8.81 Å². The molecule has 0 radical (unpaired) electrons. The standard InChI is InChI=1S/C29H29FN6O2/c1-19-6-4-7-21-16-25(29(37)31-26(19)21)27(28-32-33-34-36(28)23-8-2-3-9-23)35(18-24-10-5-15-38-24)17-20-11-13-22(30)14-12-20/h4-7,10-16,23,27H,2-3,8-9,17-18H2,1H3,(H,31,37)/t27-/m1/s1. The van der Waals surface area contributed by atoms with E-state index in [0.717, 1.165) is 53.5 Å². The number of nitrogens with one attached hydrogen (secondary N) is 1. The first kappa shape index (κ1) is 24.2. The number of rotatable bonds is 8. The lowest BCUT2D eigenvalue weighted by Crippen LogP contribution is -2.35. The Balaban J connectivity index is 1.53. The van der Waals surface area contributed by atoms with Gasteiger partial charge in [0.1, 0.15) is 17.6 Å². The van der Waals surface area contributed by atoms with Crippen molar-refractivity contribution in [2.24, 2.45) is 0 Å². The van der Waals surface area contributed by atoms with Crippen molar-refractivity contribution in [3.8, 4) is 0 Å². The summed E-state index contributed by atoms with van der Waals surface area (Å²) in [6, 6.07) is 17.7. The van der Waals surface area contributed by atoms with Crippen molar-refractivity contribution in [1.29, 1.82) is 0 Å². The van der Waals surface area contributed by atoms with E-state index in [2.05, 4.69) is 25.4 Å². The summed E-state index contributed by atoms with van der Waals surface area (Å²) in [4.78, 5) is 19.0. The Hall–Kier alpha value is -4.11. The van der Waals surface area contributed by atoms with Crippen molar-refractivity contribution >= 4 is 10.9 Å². The molecule has 1 atom stereocenters. The second-order valence-electron chi connectivity index (χ2n) is 10.0. The fourth-order valence-electron chi connectivity index (χ4n) is 5.56. The first-order valence-corrected chi connectivity index (χ1v) is 13.0. The van der Waals surface area contributed by atoms with Crippen molar-refractivity contribution in [3.05, 3.63) is 111 Å². The minimum absolute atomic E-state index is 0.181. The summed E-state index contributed by atoms with van der Waals surface area (Å²) in [6.07, 6.45) is 5.86. The molecule has 2 aromatic carbocycles. The van der Waals surface area contributed by atoms with E-state index in [4.69, 9.17) is 4.42 Å². The summed E-state index contributed by atoms with van der Waals surface area (Å²) >= 11 is 0. The normalized spacial score (nSPS) is 15.0. The zero-order chi connectivity index (χ0) is 26.1. The first-order chi connectivity index (χ1) is 18.6. The number of fused-ring (bicyclic) bond motifs is 1. The highest BCUT2D eigenvalue weighted by Gasteiger charge is 2.34. The quantitative estimate of drug-likeness (QED) is 0.297. The van der Waals surface area contributed by atoms with Gasteiger partial charge in [0.25, 0.3) is 5.56 Å². The minimum atomic E-state index is -0.575. The number of furan rings is 1. The molecular weight excluding hydrogens is 483 g/mol. The predicted octanol–water partition coefficient (Wildman–Crippen LogP) is 5.46. The molecule has 0 amide bonds. The molecule has 0 bridgehead atoms. The van der Waals surface area contributed by atoms with Crippen LogP contribution in [0.15, 0.2) is 76.1 Å². The highest BCUT2D eigenvalue weighted by molar-refractivity contribution is 5.82. The van der Waals surface area contributed by atoms with E-state index in [-0.39, 0.29) is 17.4 Å². The number of benzene rings is 2. The number of hydrogen-bond donors (Lipinski definition) is 1. The SMILES string of the molecule is Cc1cccc2cc([C@H](c3nnnn3C3CCCC3)N(Cc3ccc(F)cc3)Cc3ccco3)c(=O)[nH]c12. The Morgan fingerprint density at radius 3 is 2.68 bits per heavy atom. The van der Waals surface area contributed by atoms with Gasteiger partial charge in [0.2, 0.25) is 0 Å². The van der Waals surface area contributed by atoms with Crippen LogP contribution in [0.2, 0.25) is 0 Å². The number of nitrogens with zero attached hydrogens (tertiary/aromatic N) is 5. The molecule has 1 aliphatic rings. The van der Waals surface area contributed by atoms with E-state index in [1.54, 1.807) is 18.4 Å². The maximum atomic E-state index is 13.7. The second-order valence-corrected chi connectivity index (χ2v) is 10.0. The molecule has 0 aliphatic heterocycles. The van der Waals surface area contributed by atoms with Gasteiger partial charge >= 0.3 is 0 Å². The van der Waals surface area contributed by atoms with Crippen molar-refractivity contribution in [2.75, 3.05) is 0 Å². The molecule has 6 rings (SSSR count). The average Bonchev–Trinajstić information content (AvgIpc) is 3.70. The van der Waals surface area contributed by atoms with E-state index in [9.17, 15) is 9.18 Å². The molecule has 8 nitrogen and oxygen atoms in total. The summed E-state index contributed by atoms with van der Waals surface area (Å²) in [5.74, 6) is 1.06. The molecule has 3 aromatic heterocycles. The Kier molecular flexibility index (Phi) is 6.59. The number of pyridine rings is 1. The highest BCUT2D eigenvalue weighted by atomic mass is 19.1. The minimum Gasteiger partial charge on any atom is -0.468 e. The molecule has 9 heteroatoms. The number of tetrazole rings is 1. The molecule has 38 heavy (non-hydrogen) atoms. The zero-order valence-corrected chi connectivity index (χ0v) is 21.2. The largest absolute Gasteiger partial charge is 0.468 e. The maximum Gasteiger partial charge on any atom is 0.253 e. The van der Waals surface area contributed by atoms with Crippen molar-refractivity contribution in [2.45, 2.75) is 57.8 Å². The van der Waals surface area contributed by atoms with Gasteiger partial charge in [0.15, 0.2) is 5.82 Å². The van der Waals surface area contributed by atoms with Crippen LogP contribution >= 0.6 is 0 Å². The average molecular weight is 513 g/mol. The van der Waals surface area contributed by atoms with Crippen molar-refractivity contribution in [3.63, 3.8) is 0 Å². The Morgan fingerprint density at radius 1 is 1.11 bits per heavy atom. The third-order valence-corrected chi connectivity index (χ3v) is 7.45. The lowest BCUT2D eigenvalue weighted by molar-refractivity contribution is 0.176. The van der Waals surface area contributed by atoms with Gasteiger partial charge in [0, 0.05) is 12.1 Å². The van der Waals surface area contributed by atoms with Crippen LogP contribution in [0.25, 0.3) is 10.9 Å². The summed E-state index contributed by atoms with van der Waals surface area (Å²) in [5.41, 5.74) is 3.06. The molecule has 0 spiro atoms. The molecule has 3 heterocycles. The van der Waals surface area contributed by atoms with Gasteiger partial charge in [-0.25, -0.2) is 9.07 Å². The Bertz CT molecular complexity index is 1590. The second kappa shape index (κ2) is 10.3. The maximum absolute atomic E-state index is 13.7. The molecule has 1 fully saturated rings. The number of aryl methyl sites for hydroxylation is 1. The molecule has 0 saturated heterocycles. The van der Waals surface area contributed by atoms with Crippen molar-refractivity contribution in [1.82, 2.24) is 30.1 Å². The van der Waals surface area contributed by atoms with Gasteiger partial charge in [0.05, 0.1) is 24.4 Å². The molecule has 5 aromatic rings. The molecule has 194 valence electrons. The van der Waals surface area contributed by atoms with Gasteiger partial charge in [-0.15, -0.1) is 5.10 Å². The van der Waals surface area contributed by atoms with E-state index in [0.29, 0.717) is 24.5 Å². The van der Waals surface area contributed by atoms with Crippen LogP contribution in [0.5, 0.6) is 0 Å². The summed E-state index contributed by atoms with van der Waals surface area (Å²) in [5, 5.41) is 13.9. The fraction of sp³-hybridized carbons (Fsp3) is 0.310.